The molecular formula is C16H27N3. The lowest BCUT2D eigenvalue weighted by Crippen LogP contribution is -2.34. The van der Waals surface area contributed by atoms with Gasteiger partial charge in [-0.05, 0) is 25.8 Å². The predicted octanol–water partition coefficient (Wildman–Crippen LogP) is 3.35. The predicted molar refractivity (Wildman–Crippen MR) is 81.5 cm³/mol. The van der Waals surface area contributed by atoms with Crippen molar-refractivity contribution in [3.8, 4) is 0 Å². The van der Waals surface area contributed by atoms with Gasteiger partial charge < -0.3 is 10.2 Å². The third kappa shape index (κ3) is 3.69. The molecule has 0 aliphatic heterocycles. The highest BCUT2D eigenvalue weighted by Gasteiger charge is 2.23. The van der Waals surface area contributed by atoms with Crippen molar-refractivity contribution < 1.29 is 0 Å². The average Bonchev–Trinajstić information content (AvgIpc) is 2.92. The van der Waals surface area contributed by atoms with E-state index < -0.39 is 0 Å². The van der Waals surface area contributed by atoms with Crippen molar-refractivity contribution in [2.75, 3.05) is 11.4 Å². The number of nitrogens with zero attached hydrogens (tertiary/aromatic N) is 2. The Balaban J connectivity index is 2.16. The second-order valence-corrected chi connectivity index (χ2v) is 5.76. The number of pyridine rings is 1. The molecule has 1 aromatic rings. The molecule has 0 aromatic carbocycles. The van der Waals surface area contributed by atoms with E-state index >= 15 is 0 Å². The van der Waals surface area contributed by atoms with E-state index in [-0.39, 0.29) is 0 Å². The van der Waals surface area contributed by atoms with Gasteiger partial charge in [0, 0.05) is 48.8 Å². The number of rotatable bonds is 6. The molecule has 19 heavy (non-hydrogen) atoms. The van der Waals surface area contributed by atoms with Crippen LogP contribution in [0.5, 0.6) is 0 Å². The number of aromatic nitrogens is 1. The molecule has 0 radical (unpaired) electrons. The fraction of sp³-hybridized carbons (Fsp3) is 0.688. The van der Waals surface area contributed by atoms with Crippen LogP contribution in [0.4, 0.5) is 5.69 Å². The van der Waals surface area contributed by atoms with Gasteiger partial charge in [0.05, 0.1) is 0 Å². The Morgan fingerprint density at radius 3 is 2.74 bits per heavy atom. The molecule has 0 atom stereocenters. The summed E-state index contributed by atoms with van der Waals surface area (Å²) in [6.45, 7) is 8.63. The SMILES string of the molecule is CCN(c1ccncc1CNC(C)C)C1CCCC1. The first kappa shape index (κ1) is 14.3. The largest absolute Gasteiger partial charge is 0.368 e. The summed E-state index contributed by atoms with van der Waals surface area (Å²) >= 11 is 0. The standard InChI is InChI=1S/C16H27N3/c1-4-19(15-7-5-6-8-15)16-9-10-17-11-14(16)12-18-13(2)3/h9-11,13,15,18H,4-8,12H2,1-3H3. The van der Waals surface area contributed by atoms with Gasteiger partial charge in [0.15, 0.2) is 0 Å². The van der Waals surface area contributed by atoms with Crippen LogP contribution in [0.3, 0.4) is 0 Å². The van der Waals surface area contributed by atoms with Crippen molar-refractivity contribution >= 4 is 5.69 Å². The van der Waals surface area contributed by atoms with Gasteiger partial charge in [-0.1, -0.05) is 26.7 Å². The van der Waals surface area contributed by atoms with Gasteiger partial charge in [-0.15, -0.1) is 0 Å². The molecule has 0 spiro atoms. The number of hydrogen-bond donors (Lipinski definition) is 1. The molecule has 1 aliphatic rings. The second kappa shape index (κ2) is 6.90. The Bertz CT molecular complexity index is 383. The van der Waals surface area contributed by atoms with Crippen LogP contribution in [-0.2, 0) is 6.54 Å². The maximum atomic E-state index is 4.30. The van der Waals surface area contributed by atoms with Gasteiger partial charge in [0.2, 0.25) is 0 Å². The third-order valence-electron chi connectivity index (χ3n) is 3.99. The minimum atomic E-state index is 0.509. The quantitative estimate of drug-likeness (QED) is 0.851. The minimum Gasteiger partial charge on any atom is -0.368 e. The second-order valence-electron chi connectivity index (χ2n) is 5.76. The number of hydrogen-bond acceptors (Lipinski definition) is 3. The molecule has 3 heteroatoms. The van der Waals surface area contributed by atoms with Gasteiger partial charge in [0.1, 0.15) is 0 Å². The van der Waals surface area contributed by atoms with Gasteiger partial charge in [-0.3, -0.25) is 4.98 Å². The zero-order chi connectivity index (χ0) is 13.7. The first-order valence-electron chi connectivity index (χ1n) is 7.65. The molecule has 1 aromatic heterocycles. The van der Waals surface area contributed by atoms with Crippen molar-refractivity contribution in [3.05, 3.63) is 24.0 Å². The average molecular weight is 261 g/mol. The van der Waals surface area contributed by atoms with E-state index in [1.165, 1.54) is 36.9 Å². The van der Waals surface area contributed by atoms with Crippen molar-refractivity contribution in [1.29, 1.82) is 0 Å². The highest BCUT2D eigenvalue weighted by atomic mass is 15.2. The molecule has 2 rings (SSSR count). The van der Waals surface area contributed by atoms with Crippen molar-refractivity contribution in [2.24, 2.45) is 0 Å². The molecule has 106 valence electrons. The van der Waals surface area contributed by atoms with Crippen LogP contribution in [0.25, 0.3) is 0 Å². The Morgan fingerprint density at radius 1 is 1.37 bits per heavy atom. The van der Waals surface area contributed by atoms with E-state index in [1.54, 1.807) is 0 Å². The summed E-state index contributed by atoms with van der Waals surface area (Å²) in [5.41, 5.74) is 2.70. The smallest absolute Gasteiger partial charge is 0.0445 e. The summed E-state index contributed by atoms with van der Waals surface area (Å²) < 4.78 is 0. The van der Waals surface area contributed by atoms with Crippen molar-refractivity contribution in [2.45, 2.75) is 65.1 Å². The Kier molecular flexibility index (Phi) is 5.20. The molecule has 0 bridgehead atoms. The van der Waals surface area contributed by atoms with Crippen molar-refractivity contribution in [3.63, 3.8) is 0 Å². The highest BCUT2D eigenvalue weighted by Crippen LogP contribution is 2.29. The normalized spacial score (nSPS) is 16.2. The monoisotopic (exact) mass is 261 g/mol. The Morgan fingerprint density at radius 2 is 2.11 bits per heavy atom. The van der Waals surface area contributed by atoms with Gasteiger partial charge >= 0.3 is 0 Å². The fourth-order valence-electron chi connectivity index (χ4n) is 2.99. The van der Waals surface area contributed by atoms with Gasteiger partial charge in [0.25, 0.3) is 0 Å². The topological polar surface area (TPSA) is 28.2 Å². The fourth-order valence-corrected chi connectivity index (χ4v) is 2.99. The van der Waals surface area contributed by atoms with Crippen LogP contribution in [-0.4, -0.2) is 23.6 Å². The summed E-state index contributed by atoms with van der Waals surface area (Å²) in [6, 6.07) is 3.42. The Labute approximate surface area is 117 Å². The molecule has 1 N–H and O–H groups in total. The highest BCUT2D eigenvalue weighted by molar-refractivity contribution is 5.53. The lowest BCUT2D eigenvalue weighted by atomic mass is 10.1. The maximum absolute atomic E-state index is 4.30. The molecule has 3 nitrogen and oxygen atoms in total. The van der Waals surface area contributed by atoms with Crippen LogP contribution < -0.4 is 10.2 Å². The van der Waals surface area contributed by atoms with Crippen LogP contribution in [0.15, 0.2) is 18.5 Å². The van der Waals surface area contributed by atoms with Crippen LogP contribution in [0, 0.1) is 0 Å². The molecule has 0 saturated heterocycles. The summed E-state index contributed by atoms with van der Waals surface area (Å²) in [5.74, 6) is 0. The molecule has 0 unspecified atom stereocenters. The molecular weight excluding hydrogens is 234 g/mol. The van der Waals surface area contributed by atoms with Crippen LogP contribution in [0.2, 0.25) is 0 Å². The van der Waals surface area contributed by atoms with Gasteiger partial charge in [-0.2, -0.15) is 0 Å². The van der Waals surface area contributed by atoms with E-state index in [1.807, 2.05) is 12.4 Å². The lowest BCUT2D eigenvalue weighted by molar-refractivity contribution is 0.579. The van der Waals surface area contributed by atoms with Crippen LogP contribution >= 0.6 is 0 Å². The Hall–Kier alpha value is -1.09. The van der Waals surface area contributed by atoms with Crippen LogP contribution in [0.1, 0.15) is 52.0 Å². The summed E-state index contributed by atoms with van der Waals surface area (Å²) in [6.07, 6.45) is 9.38. The zero-order valence-electron chi connectivity index (χ0n) is 12.5. The van der Waals surface area contributed by atoms with Crippen molar-refractivity contribution in [1.82, 2.24) is 10.3 Å². The summed E-state index contributed by atoms with van der Waals surface area (Å²) in [7, 11) is 0. The first-order valence-corrected chi connectivity index (χ1v) is 7.65. The van der Waals surface area contributed by atoms with E-state index in [2.05, 4.69) is 42.0 Å². The van der Waals surface area contributed by atoms with E-state index in [9.17, 15) is 0 Å². The van der Waals surface area contributed by atoms with Gasteiger partial charge in [-0.25, -0.2) is 0 Å². The third-order valence-corrected chi connectivity index (χ3v) is 3.99. The molecule has 1 aliphatic carbocycles. The van der Waals surface area contributed by atoms with E-state index in [0.717, 1.165) is 19.1 Å². The number of anilines is 1. The van der Waals surface area contributed by atoms with E-state index in [4.69, 9.17) is 0 Å². The zero-order valence-corrected chi connectivity index (χ0v) is 12.5. The molecule has 1 fully saturated rings. The molecule has 1 heterocycles. The lowest BCUT2D eigenvalue weighted by Gasteiger charge is -2.31. The summed E-state index contributed by atoms with van der Waals surface area (Å²) in [5, 5.41) is 3.51. The maximum Gasteiger partial charge on any atom is 0.0445 e. The summed E-state index contributed by atoms with van der Waals surface area (Å²) in [4.78, 5) is 6.88. The molecule has 0 amide bonds. The molecule has 1 saturated carbocycles. The minimum absolute atomic E-state index is 0.509. The van der Waals surface area contributed by atoms with E-state index in [0.29, 0.717) is 6.04 Å². The first-order chi connectivity index (χ1) is 9.22. The number of nitrogens with one attached hydrogen (secondary N) is 1.